The average molecular weight is 471 g/mol. The first kappa shape index (κ1) is 23.1. The quantitative estimate of drug-likeness (QED) is 0.433. The van der Waals surface area contributed by atoms with Crippen LogP contribution < -0.4 is 5.32 Å². The number of nitrogens with zero attached hydrogens (tertiary/aromatic N) is 3. The number of hydrogen-bond donors (Lipinski definition) is 1. The molecule has 5 rings (SSSR count). The minimum Gasteiger partial charge on any atom is -0.312 e. The summed E-state index contributed by atoms with van der Waals surface area (Å²) >= 11 is 0. The lowest BCUT2D eigenvalue weighted by Crippen LogP contribution is -2.35. The van der Waals surface area contributed by atoms with E-state index in [2.05, 4.69) is 33.3 Å². The minimum atomic E-state index is -1.57. The van der Waals surface area contributed by atoms with Gasteiger partial charge in [0.05, 0.1) is 18.5 Å². The van der Waals surface area contributed by atoms with E-state index in [0.29, 0.717) is 11.1 Å². The lowest BCUT2D eigenvalue weighted by Gasteiger charge is -2.18. The highest BCUT2D eigenvalue weighted by Gasteiger charge is 2.47. The Morgan fingerprint density at radius 2 is 1.97 bits per heavy atom. The number of carbonyl (C=O) groups excluding carboxylic acids is 2. The van der Waals surface area contributed by atoms with E-state index in [4.69, 9.17) is 6.57 Å². The molecule has 0 radical (unpaired) electrons. The van der Waals surface area contributed by atoms with E-state index < -0.39 is 11.8 Å². The monoisotopic (exact) mass is 470 g/mol. The third-order valence-corrected chi connectivity index (χ3v) is 6.97. The van der Waals surface area contributed by atoms with Crippen molar-refractivity contribution in [3.63, 3.8) is 0 Å². The van der Waals surface area contributed by atoms with E-state index in [0.717, 1.165) is 36.0 Å². The van der Waals surface area contributed by atoms with E-state index >= 15 is 0 Å². The van der Waals surface area contributed by atoms with Crippen molar-refractivity contribution >= 4 is 22.6 Å². The first-order chi connectivity index (χ1) is 16.8. The number of benzene rings is 2. The molecule has 0 aliphatic carbocycles. The van der Waals surface area contributed by atoms with Crippen molar-refractivity contribution in [3.05, 3.63) is 76.8 Å². The number of rotatable bonds is 5. The Balaban J connectivity index is 1.37. The van der Waals surface area contributed by atoms with E-state index in [1.165, 1.54) is 23.0 Å². The maximum atomic E-state index is 14.4. The molecule has 3 heterocycles. The summed E-state index contributed by atoms with van der Waals surface area (Å²) in [5.74, 6) is -0.524. The second-order valence-corrected chi connectivity index (χ2v) is 9.67. The summed E-state index contributed by atoms with van der Waals surface area (Å²) in [7, 11) is 0. The normalized spacial score (nSPS) is 21.5. The van der Waals surface area contributed by atoms with Crippen molar-refractivity contribution in [1.82, 2.24) is 15.2 Å². The third kappa shape index (κ3) is 4.67. The SMILES string of the molecule is [C-]#[N+][C@@H]1CC(C)(F)CN1C(=O)CCC(=O)c1ccnc2ccc(-c3ccc4c(c3)CCNC4)cc12. The number of likely N-dealkylation sites (tertiary alicyclic amines) is 1. The van der Waals surface area contributed by atoms with Gasteiger partial charge in [-0.3, -0.25) is 24.3 Å². The highest BCUT2D eigenvalue weighted by Crippen LogP contribution is 2.32. The van der Waals surface area contributed by atoms with Gasteiger partial charge < -0.3 is 5.32 Å². The van der Waals surface area contributed by atoms with Crippen LogP contribution in [-0.4, -0.2) is 46.5 Å². The lowest BCUT2D eigenvalue weighted by molar-refractivity contribution is -0.131. The molecule has 2 aliphatic rings. The van der Waals surface area contributed by atoms with Gasteiger partial charge in [-0.15, -0.1) is 0 Å². The molecule has 2 atom stereocenters. The van der Waals surface area contributed by atoms with Gasteiger partial charge in [-0.25, -0.2) is 11.0 Å². The summed E-state index contributed by atoms with van der Waals surface area (Å²) < 4.78 is 14.4. The number of fused-ring (bicyclic) bond motifs is 2. The van der Waals surface area contributed by atoms with Crippen molar-refractivity contribution in [2.75, 3.05) is 13.1 Å². The van der Waals surface area contributed by atoms with Crippen LogP contribution >= 0.6 is 0 Å². The predicted molar refractivity (Wildman–Crippen MR) is 132 cm³/mol. The lowest BCUT2D eigenvalue weighted by atomic mass is 9.93. The zero-order valence-electron chi connectivity index (χ0n) is 19.7. The number of carbonyl (C=O) groups is 2. The highest BCUT2D eigenvalue weighted by molar-refractivity contribution is 6.08. The van der Waals surface area contributed by atoms with Gasteiger partial charge in [0.1, 0.15) is 5.67 Å². The molecule has 1 N–H and O–H groups in total. The maximum Gasteiger partial charge on any atom is 0.303 e. The van der Waals surface area contributed by atoms with Crippen LogP contribution in [0.25, 0.3) is 26.9 Å². The van der Waals surface area contributed by atoms with Crippen LogP contribution in [0.3, 0.4) is 0 Å². The topological polar surface area (TPSA) is 66.7 Å². The first-order valence-electron chi connectivity index (χ1n) is 11.9. The van der Waals surface area contributed by atoms with Crippen LogP contribution in [0, 0.1) is 6.57 Å². The van der Waals surface area contributed by atoms with Crippen LogP contribution in [0.5, 0.6) is 0 Å². The molecule has 7 heteroatoms. The predicted octanol–water partition coefficient (Wildman–Crippen LogP) is 4.72. The standard InChI is InChI=1S/C28H27FN4O2/c1-28(29)15-26(30-2)33(17-28)27(35)8-7-25(34)22-10-12-32-24-6-5-19(14-23(22)24)18-3-4-21-16-31-11-9-20(21)13-18/h3-6,10,12-14,26,31H,7-9,11,15-17H2,1H3/t26-,28?/m0/s1. The molecule has 0 bridgehead atoms. The number of halogens is 1. The largest absolute Gasteiger partial charge is 0.312 e. The van der Waals surface area contributed by atoms with Crippen LogP contribution in [0.15, 0.2) is 48.7 Å². The smallest absolute Gasteiger partial charge is 0.303 e. The fourth-order valence-corrected chi connectivity index (χ4v) is 5.11. The molecule has 1 fully saturated rings. The second kappa shape index (κ2) is 9.20. The molecular weight excluding hydrogens is 443 g/mol. The number of hydrogen-bond acceptors (Lipinski definition) is 4. The van der Waals surface area contributed by atoms with E-state index in [-0.39, 0.29) is 37.5 Å². The van der Waals surface area contributed by atoms with Gasteiger partial charge >= 0.3 is 6.17 Å². The van der Waals surface area contributed by atoms with Gasteiger partial charge in [-0.2, -0.15) is 0 Å². The van der Waals surface area contributed by atoms with Crippen molar-refractivity contribution in [2.24, 2.45) is 0 Å². The summed E-state index contributed by atoms with van der Waals surface area (Å²) in [4.78, 5) is 34.9. The summed E-state index contributed by atoms with van der Waals surface area (Å²) in [5.41, 5.74) is 4.43. The third-order valence-electron chi connectivity index (χ3n) is 6.97. The molecule has 6 nitrogen and oxygen atoms in total. The molecule has 35 heavy (non-hydrogen) atoms. The van der Waals surface area contributed by atoms with Gasteiger partial charge in [-0.05, 0) is 60.3 Å². The molecule has 1 aromatic heterocycles. The van der Waals surface area contributed by atoms with Gasteiger partial charge in [0.25, 0.3) is 0 Å². The molecular formula is C28H27FN4O2. The van der Waals surface area contributed by atoms with Crippen LogP contribution in [0.2, 0.25) is 0 Å². The Bertz CT molecular complexity index is 1360. The number of nitrogens with one attached hydrogen (secondary N) is 1. The highest BCUT2D eigenvalue weighted by atomic mass is 19.1. The Hall–Kier alpha value is -3.63. The summed E-state index contributed by atoms with van der Waals surface area (Å²) in [5, 5.41) is 4.13. The number of pyridine rings is 1. The first-order valence-corrected chi connectivity index (χ1v) is 11.9. The Morgan fingerprint density at radius 3 is 2.80 bits per heavy atom. The fraction of sp³-hybridized carbons (Fsp3) is 0.357. The van der Waals surface area contributed by atoms with Crippen molar-refractivity contribution in [3.8, 4) is 11.1 Å². The van der Waals surface area contributed by atoms with Crippen LogP contribution in [-0.2, 0) is 17.8 Å². The zero-order chi connectivity index (χ0) is 24.6. The Labute approximate surface area is 204 Å². The number of ketones is 1. The molecule has 0 spiro atoms. The molecule has 2 aromatic carbocycles. The summed E-state index contributed by atoms with van der Waals surface area (Å²) in [6.07, 6.45) is 1.74. The number of aromatic nitrogens is 1. The van der Waals surface area contributed by atoms with Crippen LogP contribution in [0.1, 0.15) is 47.7 Å². The molecule has 1 amide bonds. The van der Waals surface area contributed by atoms with E-state index in [1.54, 1.807) is 12.3 Å². The molecule has 2 aliphatic heterocycles. The van der Waals surface area contributed by atoms with Crippen molar-refractivity contribution < 1.29 is 14.0 Å². The Morgan fingerprint density at radius 1 is 1.17 bits per heavy atom. The fourth-order valence-electron chi connectivity index (χ4n) is 5.11. The van der Waals surface area contributed by atoms with E-state index in [9.17, 15) is 14.0 Å². The summed E-state index contributed by atoms with van der Waals surface area (Å²) in [6.45, 7) is 10.4. The minimum absolute atomic E-state index is 0.00175. The number of amides is 1. The van der Waals surface area contributed by atoms with Crippen LogP contribution in [0.4, 0.5) is 4.39 Å². The van der Waals surface area contributed by atoms with Gasteiger partial charge in [0.2, 0.25) is 5.91 Å². The van der Waals surface area contributed by atoms with Gasteiger partial charge in [0.15, 0.2) is 5.78 Å². The average Bonchev–Trinajstić information content (AvgIpc) is 3.20. The molecule has 3 aromatic rings. The second-order valence-electron chi connectivity index (χ2n) is 9.67. The number of alkyl halides is 1. The zero-order valence-corrected chi connectivity index (χ0v) is 19.7. The maximum absolute atomic E-state index is 14.4. The Kier molecular flexibility index (Phi) is 6.08. The van der Waals surface area contributed by atoms with Gasteiger partial charge in [-0.1, -0.05) is 24.3 Å². The molecule has 178 valence electrons. The van der Waals surface area contributed by atoms with Crippen molar-refractivity contribution in [1.29, 1.82) is 0 Å². The van der Waals surface area contributed by atoms with E-state index in [1.807, 2.05) is 18.2 Å². The molecule has 1 saturated heterocycles. The van der Waals surface area contributed by atoms with Crippen molar-refractivity contribution in [2.45, 2.75) is 51.0 Å². The number of Topliss-reactive ketones (excluding diaryl/α,β-unsaturated/α-hetero) is 1. The summed E-state index contributed by atoms with van der Waals surface area (Å²) in [6, 6.07) is 14.1. The molecule has 0 saturated carbocycles. The molecule has 1 unspecified atom stereocenters. The van der Waals surface area contributed by atoms with Gasteiger partial charge in [0, 0.05) is 36.5 Å².